The van der Waals surface area contributed by atoms with Gasteiger partial charge in [-0.15, -0.1) is 0 Å². The van der Waals surface area contributed by atoms with E-state index in [9.17, 15) is 0 Å². The lowest BCUT2D eigenvalue weighted by Gasteiger charge is -2.09. The van der Waals surface area contributed by atoms with Crippen LogP contribution in [0.4, 0.5) is 0 Å². The van der Waals surface area contributed by atoms with Crippen LogP contribution in [0.1, 0.15) is 30.2 Å². The Hall–Kier alpha value is -1.54. The zero-order valence-corrected chi connectivity index (χ0v) is 11.4. The summed E-state index contributed by atoms with van der Waals surface area (Å²) in [6.45, 7) is 8.30. The number of benzene rings is 1. The van der Waals surface area contributed by atoms with Crippen LogP contribution in [0.25, 0.3) is 11.1 Å². The van der Waals surface area contributed by atoms with Gasteiger partial charge in [-0.1, -0.05) is 25.1 Å². The minimum atomic E-state index is 0.795. The Balaban J connectivity index is 2.28. The molecule has 0 bridgehead atoms. The van der Waals surface area contributed by atoms with Gasteiger partial charge in [-0.05, 0) is 49.6 Å². The molecule has 0 aliphatic carbocycles. The minimum Gasteiger partial charge on any atom is -0.467 e. The molecule has 2 heteroatoms. The van der Waals surface area contributed by atoms with Crippen molar-refractivity contribution in [1.29, 1.82) is 0 Å². The van der Waals surface area contributed by atoms with Gasteiger partial charge in [0.25, 0.3) is 0 Å². The van der Waals surface area contributed by atoms with Crippen LogP contribution in [0.3, 0.4) is 0 Å². The molecular formula is C16H21NO. The van der Waals surface area contributed by atoms with Crippen molar-refractivity contribution in [3.63, 3.8) is 0 Å². The quantitative estimate of drug-likeness (QED) is 0.801. The normalized spacial score (nSPS) is 10.8. The average molecular weight is 243 g/mol. The van der Waals surface area contributed by atoms with Crippen molar-refractivity contribution < 1.29 is 4.42 Å². The van der Waals surface area contributed by atoms with Gasteiger partial charge in [0, 0.05) is 5.56 Å². The molecule has 2 aromatic rings. The summed E-state index contributed by atoms with van der Waals surface area (Å²) in [6.07, 6.45) is 2.92. The molecule has 0 aliphatic rings. The van der Waals surface area contributed by atoms with E-state index in [-0.39, 0.29) is 0 Å². The molecule has 2 nitrogen and oxygen atoms in total. The molecule has 1 aromatic carbocycles. The van der Waals surface area contributed by atoms with Crippen LogP contribution >= 0.6 is 0 Å². The van der Waals surface area contributed by atoms with Crippen molar-refractivity contribution in [2.24, 2.45) is 0 Å². The third kappa shape index (κ3) is 2.65. The maximum Gasteiger partial charge on any atom is 0.125 e. The fraction of sp³-hybridized carbons (Fsp3) is 0.375. The van der Waals surface area contributed by atoms with Gasteiger partial charge in [0.2, 0.25) is 0 Å². The molecule has 0 saturated heterocycles. The summed E-state index contributed by atoms with van der Waals surface area (Å²) < 4.78 is 5.60. The van der Waals surface area contributed by atoms with Crippen molar-refractivity contribution in [3.8, 4) is 11.1 Å². The molecule has 96 valence electrons. The van der Waals surface area contributed by atoms with Crippen molar-refractivity contribution in [3.05, 3.63) is 47.4 Å². The minimum absolute atomic E-state index is 0.795. The summed E-state index contributed by atoms with van der Waals surface area (Å²) >= 11 is 0. The fourth-order valence-corrected chi connectivity index (χ4v) is 2.14. The molecule has 0 atom stereocenters. The second-order valence-corrected chi connectivity index (χ2v) is 4.68. The number of nitrogens with one attached hydrogen (secondary N) is 1. The number of rotatable bonds is 5. The van der Waals surface area contributed by atoms with E-state index in [1.807, 2.05) is 0 Å². The van der Waals surface area contributed by atoms with Gasteiger partial charge in [0.1, 0.15) is 5.76 Å². The maximum atomic E-state index is 5.60. The van der Waals surface area contributed by atoms with Gasteiger partial charge in [-0.3, -0.25) is 0 Å². The van der Waals surface area contributed by atoms with E-state index in [4.69, 9.17) is 4.42 Å². The van der Waals surface area contributed by atoms with Gasteiger partial charge >= 0.3 is 0 Å². The highest BCUT2D eigenvalue weighted by atomic mass is 16.3. The summed E-state index contributed by atoms with van der Waals surface area (Å²) in [5.41, 5.74) is 5.13. The molecule has 2 rings (SSSR count). The third-order valence-corrected chi connectivity index (χ3v) is 3.35. The average Bonchev–Trinajstić information content (AvgIpc) is 2.81. The van der Waals surface area contributed by atoms with Crippen LogP contribution in [-0.2, 0) is 6.54 Å². The Bertz CT molecular complexity index is 514. The molecule has 1 N–H and O–H groups in total. The monoisotopic (exact) mass is 243 g/mol. The second-order valence-electron chi connectivity index (χ2n) is 4.68. The standard InChI is InChI=1S/C16H21NO/c1-4-9-17-11-16-15(8-10-18-16)14-7-5-6-12(2)13(14)3/h5-8,10,17H,4,9,11H2,1-3H3. The van der Waals surface area contributed by atoms with E-state index >= 15 is 0 Å². The fourth-order valence-electron chi connectivity index (χ4n) is 2.14. The van der Waals surface area contributed by atoms with Crippen LogP contribution < -0.4 is 5.32 Å². The van der Waals surface area contributed by atoms with Gasteiger partial charge in [-0.25, -0.2) is 0 Å². The topological polar surface area (TPSA) is 25.2 Å². The number of hydrogen-bond acceptors (Lipinski definition) is 2. The van der Waals surface area contributed by atoms with Gasteiger partial charge in [0.05, 0.1) is 12.8 Å². The lowest BCUT2D eigenvalue weighted by molar-refractivity contribution is 0.484. The number of hydrogen-bond donors (Lipinski definition) is 1. The Labute approximate surface area is 109 Å². The van der Waals surface area contributed by atoms with Crippen molar-refractivity contribution >= 4 is 0 Å². The highest BCUT2D eigenvalue weighted by Crippen LogP contribution is 2.29. The summed E-state index contributed by atoms with van der Waals surface area (Å²) in [5, 5.41) is 3.39. The van der Waals surface area contributed by atoms with E-state index in [0.717, 1.165) is 25.3 Å². The molecule has 0 spiro atoms. The summed E-state index contributed by atoms with van der Waals surface area (Å²) in [4.78, 5) is 0. The predicted octanol–water partition coefficient (Wildman–Crippen LogP) is 4.06. The lowest BCUT2D eigenvalue weighted by Crippen LogP contribution is -2.13. The van der Waals surface area contributed by atoms with Crippen LogP contribution in [-0.4, -0.2) is 6.54 Å². The zero-order chi connectivity index (χ0) is 13.0. The van der Waals surface area contributed by atoms with E-state index < -0.39 is 0 Å². The van der Waals surface area contributed by atoms with E-state index in [1.165, 1.54) is 22.3 Å². The largest absolute Gasteiger partial charge is 0.467 e. The maximum absolute atomic E-state index is 5.60. The van der Waals surface area contributed by atoms with E-state index in [1.54, 1.807) is 6.26 Å². The molecule has 1 heterocycles. The first kappa shape index (κ1) is 12.9. The molecule has 0 unspecified atom stereocenters. The van der Waals surface area contributed by atoms with Crippen LogP contribution in [0.2, 0.25) is 0 Å². The van der Waals surface area contributed by atoms with E-state index in [0.29, 0.717) is 0 Å². The third-order valence-electron chi connectivity index (χ3n) is 3.35. The Kier molecular flexibility index (Phi) is 4.21. The predicted molar refractivity (Wildman–Crippen MR) is 75.6 cm³/mol. The molecule has 0 saturated carbocycles. The van der Waals surface area contributed by atoms with Crippen molar-refractivity contribution in [2.75, 3.05) is 6.54 Å². The van der Waals surface area contributed by atoms with Crippen molar-refractivity contribution in [2.45, 2.75) is 33.7 Å². The molecule has 0 amide bonds. The Morgan fingerprint density at radius 2 is 1.94 bits per heavy atom. The van der Waals surface area contributed by atoms with Gasteiger partial charge in [0.15, 0.2) is 0 Å². The second kappa shape index (κ2) is 5.87. The number of aryl methyl sites for hydroxylation is 1. The summed E-state index contributed by atoms with van der Waals surface area (Å²) in [6, 6.07) is 8.48. The Morgan fingerprint density at radius 1 is 1.11 bits per heavy atom. The Morgan fingerprint density at radius 3 is 2.72 bits per heavy atom. The molecule has 18 heavy (non-hydrogen) atoms. The van der Waals surface area contributed by atoms with E-state index in [2.05, 4.69) is 50.4 Å². The van der Waals surface area contributed by atoms with Gasteiger partial charge < -0.3 is 9.73 Å². The molecule has 1 aromatic heterocycles. The molecule has 0 radical (unpaired) electrons. The molecule has 0 fully saturated rings. The van der Waals surface area contributed by atoms with Crippen LogP contribution in [0.5, 0.6) is 0 Å². The lowest BCUT2D eigenvalue weighted by atomic mass is 9.97. The van der Waals surface area contributed by atoms with Crippen LogP contribution in [0, 0.1) is 13.8 Å². The van der Waals surface area contributed by atoms with Crippen LogP contribution in [0.15, 0.2) is 34.9 Å². The smallest absolute Gasteiger partial charge is 0.125 e. The highest BCUT2D eigenvalue weighted by Gasteiger charge is 2.11. The first-order chi connectivity index (χ1) is 8.74. The first-order valence-electron chi connectivity index (χ1n) is 6.57. The summed E-state index contributed by atoms with van der Waals surface area (Å²) in [5.74, 6) is 1.03. The molecular weight excluding hydrogens is 222 g/mol. The highest BCUT2D eigenvalue weighted by molar-refractivity contribution is 5.70. The number of furan rings is 1. The SMILES string of the molecule is CCCNCc1occc1-c1cccc(C)c1C. The summed E-state index contributed by atoms with van der Waals surface area (Å²) in [7, 11) is 0. The van der Waals surface area contributed by atoms with Crippen molar-refractivity contribution in [1.82, 2.24) is 5.32 Å². The first-order valence-corrected chi connectivity index (χ1v) is 6.57. The van der Waals surface area contributed by atoms with Gasteiger partial charge in [-0.2, -0.15) is 0 Å². The zero-order valence-electron chi connectivity index (χ0n) is 11.4. The molecule has 0 aliphatic heterocycles.